The summed E-state index contributed by atoms with van der Waals surface area (Å²) in [5.74, 6) is 1.02. The number of hydrogen-bond acceptors (Lipinski definition) is 5. The molecule has 26 heavy (non-hydrogen) atoms. The predicted molar refractivity (Wildman–Crippen MR) is 97.9 cm³/mol. The van der Waals surface area contributed by atoms with Crippen molar-refractivity contribution in [2.45, 2.75) is 6.92 Å². The van der Waals surface area contributed by atoms with Crippen molar-refractivity contribution in [3.63, 3.8) is 0 Å². The molecule has 0 aliphatic heterocycles. The Morgan fingerprint density at radius 3 is 2.42 bits per heavy atom. The number of ether oxygens (including phenoxy) is 3. The maximum atomic E-state index is 11.1. The van der Waals surface area contributed by atoms with Crippen molar-refractivity contribution in [1.29, 1.82) is 5.26 Å². The molecule has 0 radical (unpaired) electrons. The summed E-state index contributed by atoms with van der Waals surface area (Å²) in [6.45, 7) is 2.74. The quantitative estimate of drug-likeness (QED) is 0.448. The molecular formula is C20H20N2O4. The lowest BCUT2D eigenvalue weighted by molar-refractivity contribution is -0.114. The molecule has 0 bridgehead atoms. The van der Waals surface area contributed by atoms with Crippen LogP contribution in [0, 0.1) is 18.3 Å². The fraction of sp³-hybridized carbons (Fsp3) is 0.200. The number of nitrogens with zero attached hydrogens (tertiary/aromatic N) is 1. The van der Waals surface area contributed by atoms with E-state index >= 15 is 0 Å². The summed E-state index contributed by atoms with van der Waals surface area (Å²) < 4.78 is 16.6. The van der Waals surface area contributed by atoms with E-state index in [-0.39, 0.29) is 5.57 Å². The molecule has 0 atom stereocenters. The number of amides is 1. The van der Waals surface area contributed by atoms with Gasteiger partial charge in [-0.1, -0.05) is 23.8 Å². The highest BCUT2D eigenvalue weighted by Crippen LogP contribution is 2.29. The van der Waals surface area contributed by atoms with Crippen LogP contribution >= 0.6 is 0 Å². The van der Waals surface area contributed by atoms with Crippen LogP contribution in [0.3, 0.4) is 0 Å². The van der Waals surface area contributed by atoms with E-state index in [9.17, 15) is 4.79 Å². The molecular weight excluding hydrogens is 332 g/mol. The van der Waals surface area contributed by atoms with Crippen LogP contribution in [0.25, 0.3) is 6.08 Å². The SMILES string of the molecule is COc1cc(/C=C(\C#N)C(N)=O)ccc1OCCOc1ccc(C)cc1. The van der Waals surface area contributed by atoms with Gasteiger partial charge < -0.3 is 19.9 Å². The van der Waals surface area contributed by atoms with E-state index in [0.29, 0.717) is 30.3 Å². The third-order valence-electron chi connectivity index (χ3n) is 3.52. The molecule has 0 aliphatic carbocycles. The maximum Gasteiger partial charge on any atom is 0.259 e. The molecule has 134 valence electrons. The largest absolute Gasteiger partial charge is 0.493 e. The van der Waals surface area contributed by atoms with E-state index in [0.717, 1.165) is 5.75 Å². The molecule has 2 aromatic rings. The van der Waals surface area contributed by atoms with Gasteiger partial charge in [0.05, 0.1) is 7.11 Å². The van der Waals surface area contributed by atoms with E-state index in [1.807, 2.05) is 31.2 Å². The van der Waals surface area contributed by atoms with E-state index in [4.69, 9.17) is 25.2 Å². The Morgan fingerprint density at radius 1 is 1.12 bits per heavy atom. The normalized spacial score (nSPS) is 10.7. The summed E-state index contributed by atoms with van der Waals surface area (Å²) in [5.41, 5.74) is 6.78. The Balaban J connectivity index is 1.98. The maximum absolute atomic E-state index is 11.1. The van der Waals surface area contributed by atoms with Gasteiger partial charge in [-0.05, 0) is 42.8 Å². The molecule has 6 nitrogen and oxygen atoms in total. The minimum atomic E-state index is -0.778. The molecule has 0 heterocycles. The zero-order valence-corrected chi connectivity index (χ0v) is 14.7. The van der Waals surface area contributed by atoms with Crippen molar-refractivity contribution in [3.05, 3.63) is 59.2 Å². The molecule has 2 N–H and O–H groups in total. The van der Waals surface area contributed by atoms with Gasteiger partial charge in [-0.2, -0.15) is 5.26 Å². The van der Waals surface area contributed by atoms with Crippen LogP contribution in [0.4, 0.5) is 0 Å². The molecule has 6 heteroatoms. The summed E-state index contributed by atoms with van der Waals surface area (Å²) in [4.78, 5) is 11.1. The van der Waals surface area contributed by atoms with Gasteiger partial charge in [0, 0.05) is 0 Å². The van der Waals surface area contributed by atoms with Crippen LogP contribution in [0.1, 0.15) is 11.1 Å². The molecule has 0 unspecified atom stereocenters. The van der Waals surface area contributed by atoms with Crippen LogP contribution in [0.5, 0.6) is 17.2 Å². The number of nitriles is 1. The second kappa shape index (κ2) is 9.14. The first-order chi connectivity index (χ1) is 12.5. The van der Waals surface area contributed by atoms with Gasteiger partial charge in [-0.25, -0.2) is 0 Å². The lowest BCUT2D eigenvalue weighted by Crippen LogP contribution is -2.12. The molecule has 1 amide bonds. The number of nitrogens with two attached hydrogens (primary N) is 1. The third-order valence-corrected chi connectivity index (χ3v) is 3.52. The number of aryl methyl sites for hydroxylation is 1. The number of methoxy groups -OCH3 is 1. The van der Waals surface area contributed by atoms with E-state index < -0.39 is 5.91 Å². The molecule has 0 saturated carbocycles. The fourth-order valence-corrected chi connectivity index (χ4v) is 2.16. The lowest BCUT2D eigenvalue weighted by atomic mass is 10.1. The second-order valence-corrected chi connectivity index (χ2v) is 5.45. The first kappa shape index (κ1) is 18.9. The Labute approximate surface area is 152 Å². The monoisotopic (exact) mass is 352 g/mol. The zero-order chi connectivity index (χ0) is 18.9. The number of carbonyl (C=O) groups excluding carboxylic acids is 1. The highest BCUT2D eigenvalue weighted by Gasteiger charge is 2.08. The number of benzene rings is 2. The van der Waals surface area contributed by atoms with Gasteiger partial charge in [-0.15, -0.1) is 0 Å². The zero-order valence-electron chi connectivity index (χ0n) is 14.7. The molecule has 0 aromatic heterocycles. The minimum absolute atomic E-state index is 0.132. The first-order valence-electron chi connectivity index (χ1n) is 7.95. The number of rotatable bonds is 8. The standard InChI is InChI=1S/C20H20N2O4/c1-14-3-6-17(7-4-14)25-9-10-26-18-8-5-15(12-19(18)24-2)11-16(13-21)20(22)23/h3-8,11-12H,9-10H2,1-2H3,(H2,22,23)/b16-11+. The van der Waals surface area contributed by atoms with Crippen LogP contribution < -0.4 is 19.9 Å². The summed E-state index contributed by atoms with van der Waals surface area (Å²) in [6, 6.07) is 14.6. The van der Waals surface area contributed by atoms with Crippen LogP contribution in [0.2, 0.25) is 0 Å². The Morgan fingerprint density at radius 2 is 1.81 bits per heavy atom. The van der Waals surface area contributed by atoms with Crippen LogP contribution in [-0.2, 0) is 4.79 Å². The molecule has 0 spiro atoms. The van der Waals surface area contributed by atoms with Gasteiger partial charge in [0.2, 0.25) is 0 Å². The van der Waals surface area contributed by atoms with Crippen molar-refractivity contribution >= 4 is 12.0 Å². The average Bonchev–Trinajstić information content (AvgIpc) is 2.65. The van der Waals surface area contributed by atoms with Crippen molar-refractivity contribution in [2.24, 2.45) is 5.73 Å². The Hall–Kier alpha value is -3.46. The Kier molecular flexibility index (Phi) is 6.63. The van der Waals surface area contributed by atoms with E-state index in [2.05, 4.69) is 0 Å². The highest BCUT2D eigenvalue weighted by atomic mass is 16.5. The minimum Gasteiger partial charge on any atom is -0.493 e. The molecule has 0 aliphatic rings. The summed E-state index contributed by atoms with van der Waals surface area (Å²) in [6.07, 6.45) is 1.40. The van der Waals surface area contributed by atoms with Gasteiger partial charge in [0.25, 0.3) is 5.91 Å². The van der Waals surface area contributed by atoms with Gasteiger partial charge in [0.15, 0.2) is 11.5 Å². The predicted octanol–water partition coefficient (Wildman–Crippen LogP) is 2.85. The van der Waals surface area contributed by atoms with E-state index in [1.54, 1.807) is 24.3 Å². The number of carbonyl (C=O) groups is 1. The lowest BCUT2D eigenvalue weighted by Gasteiger charge is -2.12. The number of primary amides is 1. The van der Waals surface area contributed by atoms with E-state index in [1.165, 1.54) is 18.7 Å². The van der Waals surface area contributed by atoms with Gasteiger partial charge in [0.1, 0.15) is 30.6 Å². The molecule has 2 rings (SSSR count). The molecule has 0 saturated heterocycles. The highest BCUT2D eigenvalue weighted by molar-refractivity contribution is 6.00. The van der Waals surface area contributed by atoms with Crippen molar-refractivity contribution in [1.82, 2.24) is 0 Å². The first-order valence-corrected chi connectivity index (χ1v) is 7.95. The van der Waals surface area contributed by atoms with Crippen molar-refractivity contribution in [2.75, 3.05) is 20.3 Å². The smallest absolute Gasteiger partial charge is 0.259 e. The molecule has 2 aromatic carbocycles. The molecule has 0 fully saturated rings. The third kappa shape index (κ3) is 5.28. The summed E-state index contributed by atoms with van der Waals surface area (Å²) >= 11 is 0. The van der Waals surface area contributed by atoms with Crippen molar-refractivity contribution < 1.29 is 19.0 Å². The average molecular weight is 352 g/mol. The summed E-state index contributed by atoms with van der Waals surface area (Å²) in [7, 11) is 1.51. The fourth-order valence-electron chi connectivity index (χ4n) is 2.16. The van der Waals surface area contributed by atoms with Gasteiger partial charge in [-0.3, -0.25) is 4.79 Å². The Bertz CT molecular complexity index is 836. The van der Waals surface area contributed by atoms with Crippen LogP contribution in [-0.4, -0.2) is 26.2 Å². The topological polar surface area (TPSA) is 94.6 Å². The second-order valence-electron chi connectivity index (χ2n) is 5.45. The van der Waals surface area contributed by atoms with Crippen molar-refractivity contribution in [3.8, 4) is 23.3 Å². The summed E-state index contributed by atoms with van der Waals surface area (Å²) in [5, 5.41) is 8.90. The van der Waals surface area contributed by atoms with Gasteiger partial charge >= 0.3 is 0 Å². The van der Waals surface area contributed by atoms with Crippen LogP contribution in [0.15, 0.2) is 48.0 Å². The number of hydrogen-bond donors (Lipinski definition) is 1.